The summed E-state index contributed by atoms with van der Waals surface area (Å²) < 4.78 is 0. The third kappa shape index (κ3) is 5.33. The highest BCUT2D eigenvalue weighted by molar-refractivity contribution is 6.30. The zero-order valence-corrected chi connectivity index (χ0v) is 14.9. The number of aromatic nitrogens is 2. The number of piperidine rings is 1. The predicted molar refractivity (Wildman–Crippen MR) is 99.3 cm³/mol. The van der Waals surface area contributed by atoms with Crippen LogP contribution in [-0.4, -0.2) is 41.0 Å². The standard InChI is InChI=1S/C16H21ClN4.C2H6/c17-15-12-14(13-6-4-7-19-16(13)20-15)18-8-5-11-21-9-2-1-3-10-21;1-2/h4,6-7,12H,1-3,5,8-11H2,(H,18,19,20);1-2H3. The highest BCUT2D eigenvalue weighted by Gasteiger charge is 2.09. The molecule has 2 aromatic heterocycles. The van der Waals surface area contributed by atoms with Crippen LogP contribution < -0.4 is 5.32 Å². The van der Waals surface area contributed by atoms with Crippen molar-refractivity contribution in [2.24, 2.45) is 0 Å². The van der Waals surface area contributed by atoms with E-state index in [1.54, 1.807) is 6.20 Å². The molecule has 2 aromatic rings. The monoisotopic (exact) mass is 334 g/mol. The topological polar surface area (TPSA) is 41.0 Å². The van der Waals surface area contributed by atoms with Gasteiger partial charge in [-0.05, 0) is 57.1 Å². The van der Waals surface area contributed by atoms with E-state index in [0.717, 1.165) is 24.0 Å². The molecule has 0 bridgehead atoms. The zero-order chi connectivity index (χ0) is 16.5. The summed E-state index contributed by atoms with van der Waals surface area (Å²) in [6, 6.07) is 5.84. The van der Waals surface area contributed by atoms with Crippen LogP contribution >= 0.6 is 11.6 Å². The van der Waals surface area contributed by atoms with E-state index in [9.17, 15) is 0 Å². The molecule has 0 unspecified atom stereocenters. The molecule has 1 fully saturated rings. The Labute approximate surface area is 144 Å². The molecule has 0 amide bonds. The molecule has 126 valence electrons. The van der Waals surface area contributed by atoms with E-state index in [0.29, 0.717) is 10.8 Å². The van der Waals surface area contributed by atoms with Crippen molar-refractivity contribution >= 4 is 28.3 Å². The van der Waals surface area contributed by atoms with E-state index in [1.807, 2.05) is 32.0 Å². The Morgan fingerprint density at radius 3 is 2.78 bits per heavy atom. The molecule has 1 saturated heterocycles. The summed E-state index contributed by atoms with van der Waals surface area (Å²) in [4.78, 5) is 11.1. The van der Waals surface area contributed by atoms with Gasteiger partial charge < -0.3 is 10.2 Å². The number of fused-ring (bicyclic) bond motifs is 1. The fourth-order valence-corrected chi connectivity index (χ4v) is 3.07. The van der Waals surface area contributed by atoms with Crippen molar-refractivity contribution in [3.63, 3.8) is 0 Å². The first-order valence-electron chi connectivity index (χ1n) is 8.70. The normalized spacial score (nSPS) is 15.1. The van der Waals surface area contributed by atoms with Crippen molar-refractivity contribution in [1.29, 1.82) is 0 Å². The summed E-state index contributed by atoms with van der Waals surface area (Å²) in [5, 5.41) is 4.99. The van der Waals surface area contributed by atoms with E-state index in [1.165, 1.54) is 38.9 Å². The lowest BCUT2D eigenvalue weighted by molar-refractivity contribution is 0.228. The van der Waals surface area contributed by atoms with Gasteiger partial charge in [-0.2, -0.15) is 0 Å². The summed E-state index contributed by atoms with van der Waals surface area (Å²) in [7, 11) is 0. The molecule has 3 rings (SSSR count). The number of hydrogen-bond donors (Lipinski definition) is 1. The maximum Gasteiger partial charge on any atom is 0.162 e. The third-order valence-electron chi connectivity index (χ3n) is 3.97. The Balaban J connectivity index is 0.000000924. The minimum absolute atomic E-state index is 0.486. The van der Waals surface area contributed by atoms with Crippen molar-refractivity contribution in [3.8, 4) is 0 Å². The molecular weight excluding hydrogens is 308 g/mol. The third-order valence-corrected chi connectivity index (χ3v) is 4.16. The van der Waals surface area contributed by atoms with Gasteiger partial charge in [0, 0.05) is 23.8 Å². The van der Waals surface area contributed by atoms with Crippen molar-refractivity contribution < 1.29 is 0 Å². The number of anilines is 1. The van der Waals surface area contributed by atoms with Gasteiger partial charge in [0.25, 0.3) is 0 Å². The van der Waals surface area contributed by atoms with E-state index in [-0.39, 0.29) is 0 Å². The largest absolute Gasteiger partial charge is 0.384 e. The van der Waals surface area contributed by atoms with E-state index >= 15 is 0 Å². The van der Waals surface area contributed by atoms with E-state index in [4.69, 9.17) is 11.6 Å². The molecule has 3 heterocycles. The quantitative estimate of drug-likeness (QED) is 0.641. The molecule has 1 aliphatic heterocycles. The number of halogens is 1. The van der Waals surface area contributed by atoms with Gasteiger partial charge in [-0.15, -0.1) is 0 Å². The predicted octanol–water partition coefficient (Wildman–Crippen LogP) is 4.60. The lowest BCUT2D eigenvalue weighted by Crippen LogP contribution is -2.31. The van der Waals surface area contributed by atoms with Crippen molar-refractivity contribution in [2.45, 2.75) is 39.5 Å². The Hall–Kier alpha value is -1.39. The second-order valence-corrected chi connectivity index (χ2v) is 5.94. The summed E-state index contributed by atoms with van der Waals surface area (Å²) in [5.41, 5.74) is 1.72. The molecule has 0 radical (unpaired) electrons. The number of nitrogens with one attached hydrogen (secondary N) is 1. The van der Waals surface area contributed by atoms with Crippen molar-refractivity contribution in [3.05, 3.63) is 29.5 Å². The summed E-state index contributed by atoms with van der Waals surface area (Å²) in [6.45, 7) is 8.63. The van der Waals surface area contributed by atoms with Crippen LogP contribution in [0.25, 0.3) is 11.0 Å². The molecule has 1 aliphatic rings. The number of nitrogens with zero attached hydrogens (tertiary/aromatic N) is 3. The number of likely N-dealkylation sites (tertiary alicyclic amines) is 1. The van der Waals surface area contributed by atoms with Crippen LogP contribution in [0.2, 0.25) is 5.15 Å². The van der Waals surface area contributed by atoms with Crippen LogP contribution in [0.4, 0.5) is 5.69 Å². The number of pyridine rings is 2. The van der Waals surface area contributed by atoms with Crippen molar-refractivity contribution in [1.82, 2.24) is 14.9 Å². The number of rotatable bonds is 5. The first kappa shape index (κ1) is 18.0. The maximum atomic E-state index is 6.06. The first-order valence-corrected chi connectivity index (χ1v) is 9.08. The Morgan fingerprint density at radius 2 is 2.00 bits per heavy atom. The van der Waals surface area contributed by atoms with Crippen molar-refractivity contribution in [2.75, 3.05) is 31.5 Å². The smallest absolute Gasteiger partial charge is 0.162 e. The van der Waals surface area contributed by atoms with Gasteiger partial charge in [0.15, 0.2) is 5.65 Å². The molecule has 5 heteroatoms. The summed E-state index contributed by atoms with van der Waals surface area (Å²) >= 11 is 6.06. The number of hydrogen-bond acceptors (Lipinski definition) is 4. The molecular formula is C18H27ClN4. The molecule has 23 heavy (non-hydrogen) atoms. The van der Waals surface area contributed by atoms with Gasteiger partial charge >= 0.3 is 0 Å². The molecule has 1 N–H and O–H groups in total. The van der Waals surface area contributed by atoms with Gasteiger partial charge in [-0.3, -0.25) is 0 Å². The average Bonchev–Trinajstić information content (AvgIpc) is 2.61. The fourth-order valence-electron chi connectivity index (χ4n) is 2.88. The second kappa shape index (κ2) is 9.68. The maximum absolute atomic E-state index is 6.06. The van der Waals surface area contributed by atoms with Crippen LogP contribution in [0.1, 0.15) is 39.5 Å². The van der Waals surface area contributed by atoms with Crippen LogP contribution in [0.3, 0.4) is 0 Å². The fraction of sp³-hybridized carbons (Fsp3) is 0.556. The van der Waals surface area contributed by atoms with Crippen LogP contribution in [-0.2, 0) is 0 Å². The van der Waals surface area contributed by atoms with Gasteiger partial charge in [0.2, 0.25) is 0 Å². The minimum atomic E-state index is 0.486. The van der Waals surface area contributed by atoms with Gasteiger partial charge in [0.1, 0.15) is 5.15 Å². The molecule has 0 atom stereocenters. The highest BCUT2D eigenvalue weighted by Crippen LogP contribution is 2.23. The summed E-state index contributed by atoms with van der Waals surface area (Å²) in [5.74, 6) is 0. The Bertz CT molecular complexity index is 597. The molecule has 0 aromatic carbocycles. The zero-order valence-electron chi connectivity index (χ0n) is 14.2. The highest BCUT2D eigenvalue weighted by atomic mass is 35.5. The lowest BCUT2D eigenvalue weighted by atomic mass is 10.1. The molecule has 4 nitrogen and oxygen atoms in total. The average molecular weight is 335 g/mol. The minimum Gasteiger partial charge on any atom is -0.384 e. The van der Waals surface area contributed by atoms with Gasteiger partial charge in [-0.25, -0.2) is 9.97 Å². The van der Waals surface area contributed by atoms with E-state index in [2.05, 4.69) is 20.2 Å². The van der Waals surface area contributed by atoms with Crippen LogP contribution in [0, 0.1) is 0 Å². The van der Waals surface area contributed by atoms with Crippen LogP contribution in [0.5, 0.6) is 0 Å². The van der Waals surface area contributed by atoms with Gasteiger partial charge in [-0.1, -0.05) is 31.9 Å². The summed E-state index contributed by atoms with van der Waals surface area (Å²) in [6.07, 6.45) is 6.98. The van der Waals surface area contributed by atoms with Gasteiger partial charge in [0.05, 0.1) is 0 Å². The Morgan fingerprint density at radius 1 is 1.22 bits per heavy atom. The Kier molecular flexibility index (Phi) is 7.56. The first-order chi connectivity index (χ1) is 11.3. The molecule has 0 spiro atoms. The SMILES string of the molecule is CC.Clc1cc(NCCCN2CCCCC2)c2cccnc2n1. The molecule has 0 saturated carbocycles. The van der Waals surface area contributed by atoms with Crippen LogP contribution in [0.15, 0.2) is 24.4 Å². The van der Waals surface area contributed by atoms with E-state index < -0.39 is 0 Å². The lowest BCUT2D eigenvalue weighted by Gasteiger charge is -2.26. The second-order valence-electron chi connectivity index (χ2n) is 5.55. The molecule has 0 aliphatic carbocycles.